The van der Waals surface area contributed by atoms with Crippen LogP contribution in [0.4, 0.5) is 5.69 Å². The average molecular weight is 310 g/mol. The maximum atomic E-state index is 12.3. The number of halogens is 1. The highest BCUT2D eigenvalue weighted by molar-refractivity contribution is 6.35. The second-order valence-electron chi connectivity index (χ2n) is 5.40. The zero-order valence-corrected chi connectivity index (χ0v) is 12.3. The van der Waals surface area contributed by atoms with Gasteiger partial charge in [-0.25, -0.2) is 5.21 Å². The molecule has 5 nitrogen and oxygen atoms in total. The molecule has 1 aliphatic rings. The van der Waals surface area contributed by atoms with E-state index in [1.54, 1.807) is 16.7 Å². The van der Waals surface area contributed by atoms with Crippen molar-refractivity contribution < 1.29 is 15.4 Å². The van der Waals surface area contributed by atoms with Gasteiger partial charge < -0.3 is 9.30 Å². The van der Waals surface area contributed by atoms with Crippen LogP contribution >= 0.6 is 11.6 Å². The molecule has 0 radical (unpaired) electrons. The molecule has 0 amide bonds. The molecule has 0 atom stereocenters. The Labute approximate surface area is 127 Å². The van der Waals surface area contributed by atoms with E-state index in [1.165, 1.54) is 6.07 Å². The molecule has 0 unspecified atom stereocenters. The number of hydrogen-bond donors (Lipinski definition) is 2. The Kier molecular flexibility index (Phi) is 4.26. The fourth-order valence-corrected chi connectivity index (χ4v) is 3.06. The van der Waals surface area contributed by atoms with Crippen LogP contribution in [0.3, 0.4) is 0 Å². The number of ether oxygens (including phenoxy) is 1. The first kappa shape index (κ1) is 14.5. The van der Waals surface area contributed by atoms with Gasteiger partial charge in [-0.05, 0) is 24.8 Å². The van der Waals surface area contributed by atoms with Crippen molar-refractivity contribution in [1.82, 2.24) is 4.57 Å². The SMILES string of the molecule is O=c1cc(Cl)c2cc([NH2+]O)ccc2n1CC1CCOCC1. The van der Waals surface area contributed by atoms with Crippen molar-refractivity contribution in [2.45, 2.75) is 19.4 Å². The Morgan fingerprint density at radius 3 is 2.81 bits per heavy atom. The van der Waals surface area contributed by atoms with Crippen molar-refractivity contribution in [3.8, 4) is 0 Å². The molecule has 2 aromatic rings. The van der Waals surface area contributed by atoms with Crippen molar-refractivity contribution in [3.05, 3.63) is 39.6 Å². The first-order chi connectivity index (χ1) is 10.2. The summed E-state index contributed by atoms with van der Waals surface area (Å²) in [6.07, 6.45) is 1.94. The van der Waals surface area contributed by atoms with E-state index in [0.717, 1.165) is 42.4 Å². The monoisotopic (exact) mass is 309 g/mol. The largest absolute Gasteiger partial charge is 0.381 e. The Bertz CT molecular complexity index is 708. The fraction of sp³-hybridized carbons (Fsp3) is 0.400. The first-order valence-corrected chi connectivity index (χ1v) is 7.45. The molecular formula is C15H18ClN2O3+. The summed E-state index contributed by atoms with van der Waals surface area (Å²) in [6.45, 7) is 2.20. The Morgan fingerprint density at radius 1 is 1.33 bits per heavy atom. The van der Waals surface area contributed by atoms with Crippen LogP contribution in [0.15, 0.2) is 29.1 Å². The van der Waals surface area contributed by atoms with E-state index in [1.807, 2.05) is 6.07 Å². The number of pyridine rings is 1. The standard InChI is InChI=1S/C15H17ClN2O3/c16-13-8-15(19)18(9-10-3-5-21-6-4-10)14-2-1-11(17-20)7-12(13)14/h1-2,7-8,10,17,20H,3-6,9H2/p+1. The number of aromatic nitrogens is 1. The molecule has 112 valence electrons. The summed E-state index contributed by atoms with van der Waals surface area (Å²) >= 11 is 6.18. The van der Waals surface area contributed by atoms with E-state index in [4.69, 9.17) is 21.5 Å². The minimum absolute atomic E-state index is 0.0836. The third kappa shape index (κ3) is 2.96. The summed E-state index contributed by atoms with van der Waals surface area (Å²) in [5.41, 5.74) is 2.42. The first-order valence-electron chi connectivity index (χ1n) is 7.07. The molecule has 1 aliphatic heterocycles. The van der Waals surface area contributed by atoms with E-state index in [9.17, 15) is 4.79 Å². The number of benzene rings is 1. The predicted octanol–water partition coefficient (Wildman–Crippen LogP) is 1.67. The molecule has 0 aliphatic carbocycles. The number of rotatable bonds is 3. The van der Waals surface area contributed by atoms with Crippen molar-refractivity contribution in [2.75, 3.05) is 13.2 Å². The molecule has 0 spiro atoms. The minimum Gasteiger partial charge on any atom is -0.381 e. The van der Waals surface area contributed by atoms with Crippen LogP contribution in [0.25, 0.3) is 10.9 Å². The number of nitrogens with zero attached hydrogens (tertiary/aromatic N) is 1. The van der Waals surface area contributed by atoms with Crippen LogP contribution in [-0.2, 0) is 11.3 Å². The molecule has 0 bridgehead atoms. The van der Waals surface area contributed by atoms with E-state index in [0.29, 0.717) is 23.2 Å². The van der Waals surface area contributed by atoms with E-state index < -0.39 is 0 Å². The lowest BCUT2D eigenvalue weighted by Crippen LogP contribution is -2.73. The van der Waals surface area contributed by atoms with Gasteiger partial charge in [-0.2, -0.15) is 5.48 Å². The zero-order chi connectivity index (χ0) is 14.8. The Balaban J connectivity index is 2.06. The highest BCUT2D eigenvalue weighted by Gasteiger charge is 2.17. The lowest BCUT2D eigenvalue weighted by molar-refractivity contribution is -0.825. The third-order valence-electron chi connectivity index (χ3n) is 4.02. The third-order valence-corrected chi connectivity index (χ3v) is 4.33. The van der Waals surface area contributed by atoms with E-state index in [2.05, 4.69) is 0 Å². The number of quaternary nitrogens is 1. The molecular weight excluding hydrogens is 292 g/mol. The highest BCUT2D eigenvalue weighted by Crippen LogP contribution is 2.25. The second kappa shape index (κ2) is 6.15. The fourth-order valence-electron chi connectivity index (χ4n) is 2.82. The normalized spacial score (nSPS) is 16.5. The summed E-state index contributed by atoms with van der Waals surface area (Å²) in [7, 11) is 0. The smallest absolute Gasteiger partial charge is 0.252 e. The summed E-state index contributed by atoms with van der Waals surface area (Å²) < 4.78 is 7.14. The molecule has 6 heteroatoms. The maximum Gasteiger partial charge on any atom is 0.252 e. The van der Waals surface area contributed by atoms with Gasteiger partial charge in [0.05, 0.1) is 10.5 Å². The Morgan fingerprint density at radius 2 is 2.10 bits per heavy atom. The summed E-state index contributed by atoms with van der Waals surface area (Å²) in [4.78, 5) is 12.3. The average Bonchev–Trinajstić information content (AvgIpc) is 2.52. The molecule has 3 rings (SSSR count). The Hall–Kier alpha value is -1.40. The van der Waals surface area contributed by atoms with Crippen LogP contribution in [0.5, 0.6) is 0 Å². The summed E-state index contributed by atoms with van der Waals surface area (Å²) in [6, 6.07) is 6.85. The van der Waals surface area contributed by atoms with Crippen LogP contribution in [0.1, 0.15) is 12.8 Å². The van der Waals surface area contributed by atoms with Crippen LogP contribution in [-0.4, -0.2) is 23.0 Å². The van der Waals surface area contributed by atoms with Crippen LogP contribution in [0.2, 0.25) is 5.02 Å². The summed E-state index contributed by atoms with van der Waals surface area (Å²) in [5.74, 6) is 0.449. The minimum atomic E-state index is -0.0836. The molecule has 1 saturated heterocycles. The zero-order valence-electron chi connectivity index (χ0n) is 11.6. The van der Waals surface area contributed by atoms with Crippen molar-refractivity contribution in [3.63, 3.8) is 0 Å². The van der Waals surface area contributed by atoms with Crippen molar-refractivity contribution in [1.29, 1.82) is 0 Å². The van der Waals surface area contributed by atoms with Crippen molar-refractivity contribution >= 4 is 28.2 Å². The van der Waals surface area contributed by atoms with Gasteiger partial charge in [-0.15, -0.1) is 0 Å². The molecule has 1 aromatic heterocycles. The highest BCUT2D eigenvalue weighted by atomic mass is 35.5. The predicted molar refractivity (Wildman–Crippen MR) is 80.1 cm³/mol. The second-order valence-corrected chi connectivity index (χ2v) is 5.81. The van der Waals surface area contributed by atoms with Gasteiger partial charge >= 0.3 is 0 Å². The molecule has 3 N–H and O–H groups in total. The van der Waals surface area contributed by atoms with Gasteiger partial charge in [-0.1, -0.05) is 11.6 Å². The molecule has 0 saturated carbocycles. The summed E-state index contributed by atoms with van der Waals surface area (Å²) in [5, 5.41) is 10.3. The van der Waals surface area contributed by atoms with Gasteiger partial charge in [0.15, 0.2) is 5.69 Å². The van der Waals surface area contributed by atoms with Gasteiger partial charge in [0.25, 0.3) is 5.56 Å². The van der Waals surface area contributed by atoms with Crippen LogP contribution in [0, 0.1) is 5.92 Å². The van der Waals surface area contributed by atoms with Crippen molar-refractivity contribution in [2.24, 2.45) is 5.92 Å². The number of hydrogen-bond acceptors (Lipinski definition) is 3. The maximum absolute atomic E-state index is 12.3. The quantitative estimate of drug-likeness (QED) is 0.669. The van der Waals surface area contributed by atoms with Gasteiger partial charge in [0.2, 0.25) is 0 Å². The van der Waals surface area contributed by atoms with Gasteiger partial charge in [0.1, 0.15) is 0 Å². The topological polar surface area (TPSA) is 68.1 Å². The van der Waals surface area contributed by atoms with Crippen LogP contribution < -0.4 is 11.0 Å². The number of nitrogens with two attached hydrogens (primary N) is 1. The molecule has 1 aromatic carbocycles. The molecule has 21 heavy (non-hydrogen) atoms. The van der Waals surface area contributed by atoms with E-state index in [-0.39, 0.29) is 5.56 Å². The lowest BCUT2D eigenvalue weighted by Gasteiger charge is -2.23. The number of fused-ring (bicyclic) bond motifs is 1. The molecule has 1 fully saturated rings. The van der Waals surface area contributed by atoms with Gasteiger partial charge in [0, 0.05) is 43.3 Å². The van der Waals surface area contributed by atoms with Gasteiger partial charge in [-0.3, -0.25) is 4.79 Å². The molecule has 2 heterocycles. The lowest BCUT2D eigenvalue weighted by atomic mass is 10.00. The van der Waals surface area contributed by atoms with E-state index >= 15 is 0 Å².